The van der Waals surface area contributed by atoms with Crippen LogP contribution >= 0.6 is 0 Å². The molecule has 15 heavy (non-hydrogen) atoms. The Bertz CT molecular complexity index is 270. The predicted molar refractivity (Wildman–Crippen MR) is 59.8 cm³/mol. The van der Waals surface area contributed by atoms with Crippen LogP contribution in [0, 0.1) is 0 Å². The summed E-state index contributed by atoms with van der Waals surface area (Å²) in [7, 11) is 0. The third kappa shape index (κ3) is 3.61. The third-order valence-electron chi connectivity index (χ3n) is 2.73. The van der Waals surface area contributed by atoms with E-state index in [1.54, 1.807) is 0 Å². The lowest BCUT2D eigenvalue weighted by Crippen LogP contribution is -2.37. The largest absolute Gasteiger partial charge is 0.380 e. The number of nitrogens with zero attached hydrogens (tertiary/aromatic N) is 1. The van der Waals surface area contributed by atoms with Gasteiger partial charge >= 0.3 is 0 Å². The van der Waals surface area contributed by atoms with Gasteiger partial charge in [-0.2, -0.15) is 0 Å². The van der Waals surface area contributed by atoms with Gasteiger partial charge in [0.2, 0.25) is 0 Å². The number of rotatable bonds is 4. The van der Waals surface area contributed by atoms with Crippen molar-refractivity contribution in [3.8, 4) is 0 Å². The van der Waals surface area contributed by atoms with E-state index in [0.29, 0.717) is 6.04 Å². The molecule has 2 heterocycles. The lowest BCUT2D eigenvalue weighted by molar-refractivity contribution is 0.0707. The van der Waals surface area contributed by atoms with Crippen LogP contribution in [0.4, 0.5) is 0 Å². The maximum atomic E-state index is 5.41. The number of aromatic nitrogens is 1. The molecule has 3 heteroatoms. The first-order chi connectivity index (χ1) is 7.45. The fourth-order valence-corrected chi connectivity index (χ4v) is 1.87. The van der Waals surface area contributed by atoms with Crippen LogP contribution in [0.15, 0.2) is 24.5 Å². The van der Waals surface area contributed by atoms with Crippen LogP contribution in [-0.2, 0) is 11.2 Å². The Balaban J connectivity index is 1.66. The zero-order valence-corrected chi connectivity index (χ0v) is 8.98. The summed E-state index contributed by atoms with van der Waals surface area (Å²) in [6, 6.07) is 4.65. The summed E-state index contributed by atoms with van der Waals surface area (Å²) in [6.07, 6.45) is 7.22. The van der Waals surface area contributed by atoms with Gasteiger partial charge in [0, 0.05) is 25.0 Å². The van der Waals surface area contributed by atoms with Crippen molar-refractivity contribution in [2.75, 3.05) is 19.8 Å². The fourth-order valence-electron chi connectivity index (χ4n) is 1.87. The standard InChI is InChI=1S/C12H18N2O/c1-3-11(9-13-6-1)5-7-14-12-4-2-8-15-10-12/h1,3,6,9,12,14H,2,4-5,7-8,10H2. The molecule has 1 unspecified atom stereocenters. The van der Waals surface area contributed by atoms with E-state index in [0.717, 1.165) is 26.2 Å². The molecule has 0 spiro atoms. The van der Waals surface area contributed by atoms with Crippen molar-refractivity contribution in [3.63, 3.8) is 0 Å². The van der Waals surface area contributed by atoms with Gasteiger partial charge in [0.15, 0.2) is 0 Å². The van der Waals surface area contributed by atoms with Crippen LogP contribution in [-0.4, -0.2) is 30.8 Å². The van der Waals surface area contributed by atoms with Crippen molar-refractivity contribution in [1.29, 1.82) is 0 Å². The minimum absolute atomic E-state index is 0.551. The number of hydrogen-bond donors (Lipinski definition) is 1. The number of ether oxygens (including phenoxy) is 1. The van der Waals surface area contributed by atoms with Gasteiger partial charge in [-0.3, -0.25) is 4.98 Å². The van der Waals surface area contributed by atoms with Crippen molar-refractivity contribution in [2.45, 2.75) is 25.3 Å². The average Bonchev–Trinajstić information content (AvgIpc) is 2.32. The molecule has 1 aliphatic rings. The molecule has 1 fully saturated rings. The zero-order valence-electron chi connectivity index (χ0n) is 8.98. The number of nitrogens with one attached hydrogen (secondary N) is 1. The first kappa shape index (κ1) is 10.6. The summed E-state index contributed by atoms with van der Waals surface area (Å²) in [4.78, 5) is 4.10. The summed E-state index contributed by atoms with van der Waals surface area (Å²) >= 11 is 0. The van der Waals surface area contributed by atoms with Gasteiger partial charge in [-0.05, 0) is 37.4 Å². The Morgan fingerprint density at radius 1 is 1.53 bits per heavy atom. The number of pyridine rings is 1. The molecule has 1 saturated heterocycles. The molecule has 0 radical (unpaired) electrons. The van der Waals surface area contributed by atoms with Gasteiger partial charge in [-0.25, -0.2) is 0 Å². The van der Waals surface area contributed by atoms with E-state index in [4.69, 9.17) is 4.74 Å². The van der Waals surface area contributed by atoms with Crippen LogP contribution in [0.1, 0.15) is 18.4 Å². The van der Waals surface area contributed by atoms with Gasteiger partial charge in [0.05, 0.1) is 6.61 Å². The molecule has 1 N–H and O–H groups in total. The second-order valence-electron chi connectivity index (χ2n) is 3.98. The van der Waals surface area contributed by atoms with E-state index in [-0.39, 0.29) is 0 Å². The predicted octanol–water partition coefficient (Wildman–Crippen LogP) is 1.39. The number of hydrogen-bond acceptors (Lipinski definition) is 3. The molecule has 0 aromatic carbocycles. The second-order valence-corrected chi connectivity index (χ2v) is 3.98. The fraction of sp³-hybridized carbons (Fsp3) is 0.583. The molecule has 1 atom stereocenters. The van der Waals surface area contributed by atoms with Crippen LogP contribution in [0.5, 0.6) is 0 Å². The van der Waals surface area contributed by atoms with Crippen molar-refractivity contribution in [1.82, 2.24) is 10.3 Å². The highest BCUT2D eigenvalue weighted by molar-refractivity contribution is 5.08. The van der Waals surface area contributed by atoms with E-state index < -0.39 is 0 Å². The van der Waals surface area contributed by atoms with E-state index in [9.17, 15) is 0 Å². The van der Waals surface area contributed by atoms with Crippen LogP contribution in [0.25, 0.3) is 0 Å². The molecule has 0 bridgehead atoms. The van der Waals surface area contributed by atoms with Gasteiger partial charge in [0.25, 0.3) is 0 Å². The first-order valence-electron chi connectivity index (χ1n) is 5.65. The quantitative estimate of drug-likeness (QED) is 0.808. The van der Waals surface area contributed by atoms with E-state index in [1.165, 1.54) is 18.4 Å². The van der Waals surface area contributed by atoms with Crippen LogP contribution < -0.4 is 5.32 Å². The molecule has 1 aliphatic heterocycles. The summed E-state index contributed by atoms with van der Waals surface area (Å²) in [5.41, 5.74) is 1.29. The molecule has 0 amide bonds. The first-order valence-corrected chi connectivity index (χ1v) is 5.65. The van der Waals surface area contributed by atoms with Crippen LogP contribution in [0.2, 0.25) is 0 Å². The second kappa shape index (κ2) is 5.83. The Labute approximate surface area is 90.9 Å². The minimum atomic E-state index is 0.551. The van der Waals surface area contributed by atoms with Crippen molar-refractivity contribution < 1.29 is 4.74 Å². The van der Waals surface area contributed by atoms with E-state index >= 15 is 0 Å². The molecule has 0 saturated carbocycles. The van der Waals surface area contributed by atoms with E-state index in [1.807, 2.05) is 18.5 Å². The topological polar surface area (TPSA) is 34.2 Å². The Morgan fingerprint density at radius 3 is 3.27 bits per heavy atom. The van der Waals surface area contributed by atoms with Crippen molar-refractivity contribution in [2.24, 2.45) is 0 Å². The average molecular weight is 206 g/mol. The highest BCUT2D eigenvalue weighted by Gasteiger charge is 2.12. The van der Waals surface area contributed by atoms with Gasteiger partial charge in [-0.1, -0.05) is 6.07 Å². The molecular formula is C12H18N2O. The molecule has 1 aromatic rings. The Kier molecular flexibility index (Phi) is 4.11. The summed E-state index contributed by atoms with van der Waals surface area (Å²) in [5.74, 6) is 0. The third-order valence-corrected chi connectivity index (χ3v) is 2.73. The van der Waals surface area contributed by atoms with Crippen molar-refractivity contribution >= 4 is 0 Å². The smallest absolute Gasteiger partial charge is 0.0619 e. The summed E-state index contributed by atoms with van der Waals surface area (Å²) in [5, 5.41) is 3.52. The Hall–Kier alpha value is -0.930. The monoisotopic (exact) mass is 206 g/mol. The molecule has 0 aliphatic carbocycles. The summed E-state index contributed by atoms with van der Waals surface area (Å²) < 4.78 is 5.41. The maximum absolute atomic E-state index is 5.41. The SMILES string of the molecule is c1cncc(CCNC2CCCOC2)c1. The zero-order chi connectivity index (χ0) is 10.3. The molecule has 2 rings (SSSR count). The molecular weight excluding hydrogens is 188 g/mol. The molecule has 1 aromatic heterocycles. The highest BCUT2D eigenvalue weighted by Crippen LogP contribution is 2.05. The van der Waals surface area contributed by atoms with Gasteiger partial charge in [0.1, 0.15) is 0 Å². The highest BCUT2D eigenvalue weighted by atomic mass is 16.5. The van der Waals surface area contributed by atoms with Crippen LogP contribution in [0.3, 0.4) is 0 Å². The van der Waals surface area contributed by atoms with Crippen molar-refractivity contribution in [3.05, 3.63) is 30.1 Å². The maximum Gasteiger partial charge on any atom is 0.0619 e. The Morgan fingerprint density at radius 2 is 2.53 bits per heavy atom. The molecule has 3 nitrogen and oxygen atoms in total. The van der Waals surface area contributed by atoms with Gasteiger partial charge < -0.3 is 10.1 Å². The lowest BCUT2D eigenvalue weighted by Gasteiger charge is -2.23. The summed E-state index contributed by atoms with van der Waals surface area (Å²) in [6.45, 7) is 2.81. The lowest BCUT2D eigenvalue weighted by atomic mass is 10.1. The molecule has 82 valence electrons. The minimum Gasteiger partial charge on any atom is -0.380 e. The van der Waals surface area contributed by atoms with Gasteiger partial charge in [-0.15, -0.1) is 0 Å². The normalized spacial score (nSPS) is 21.5. The van der Waals surface area contributed by atoms with E-state index in [2.05, 4.69) is 16.4 Å².